The van der Waals surface area contributed by atoms with Crippen molar-refractivity contribution in [2.75, 3.05) is 19.4 Å². The third kappa shape index (κ3) is 5.93. The predicted octanol–water partition coefficient (Wildman–Crippen LogP) is 6.18. The van der Waals surface area contributed by atoms with Crippen LogP contribution in [0.2, 0.25) is 0 Å². The van der Waals surface area contributed by atoms with E-state index in [4.69, 9.17) is 14.2 Å². The Morgan fingerprint density at radius 2 is 1.12 bits per heavy atom. The molecule has 4 aromatic carbocycles. The molecule has 210 valence electrons. The molecule has 0 heterocycles. The summed E-state index contributed by atoms with van der Waals surface area (Å²) >= 11 is 4.55. The van der Waals surface area contributed by atoms with Crippen molar-refractivity contribution in [1.82, 2.24) is 0 Å². The normalized spacial score (nSPS) is 12.7. The minimum atomic E-state index is -3.62. The Hall–Kier alpha value is -2.47. The fraction of sp³-hybridized carbons (Fsp3) is 0.273. The van der Waals surface area contributed by atoms with Gasteiger partial charge in [-0.3, -0.25) is 0 Å². The van der Waals surface area contributed by atoms with Gasteiger partial charge in [0, 0.05) is 0 Å². The molecule has 0 aliphatic rings. The van der Waals surface area contributed by atoms with E-state index >= 15 is 0 Å². The predicted molar refractivity (Wildman–Crippen MR) is 174 cm³/mol. The monoisotopic (exact) mass is 636 g/mol. The molecule has 0 amide bonds. The Morgan fingerprint density at radius 3 is 1.52 bits per heavy atom. The molecule has 2 radical (unpaired) electrons. The first-order valence-electron chi connectivity index (χ1n) is 13.6. The fourth-order valence-electron chi connectivity index (χ4n) is 4.95. The van der Waals surface area contributed by atoms with Crippen LogP contribution >= 0.6 is 20.8 Å². The number of phenols is 1. The van der Waals surface area contributed by atoms with E-state index in [1.165, 1.54) is 16.7 Å². The summed E-state index contributed by atoms with van der Waals surface area (Å²) in [6.45, 7) is 11.4. The van der Waals surface area contributed by atoms with Crippen molar-refractivity contribution in [1.29, 1.82) is 0 Å². The second-order valence-electron chi connectivity index (χ2n) is 9.90. The maximum absolute atomic E-state index is 10.9. The molecule has 0 atom stereocenters. The van der Waals surface area contributed by atoms with Crippen LogP contribution in [-0.2, 0) is 9.47 Å². The molecule has 4 nitrogen and oxygen atoms in total. The van der Waals surface area contributed by atoms with Gasteiger partial charge < -0.3 is 0 Å². The molecule has 0 bridgehead atoms. The van der Waals surface area contributed by atoms with Crippen LogP contribution in [0.25, 0.3) is 0 Å². The zero-order chi connectivity index (χ0) is 28.8. The van der Waals surface area contributed by atoms with Crippen molar-refractivity contribution in [3.05, 3.63) is 108 Å². The van der Waals surface area contributed by atoms with E-state index in [2.05, 4.69) is 109 Å². The van der Waals surface area contributed by atoms with Crippen LogP contribution in [0.3, 0.4) is 0 Å². The number of aromatic hydroxyl groups is 1. The molecule has 4 rings (SSSR count). The van der Waals surface area contributed by atoms with Crippen LogP contribution in [0.4, 0.5) is 0 Å². The zero-order valence-corrected chi connectivity index (χ0v) is 27.3. The molecule has 0 saturated carbocycles. The van der Waals surface area contributed by atoms with E-state index in [0.717, 1.165) is 21.2 Å². The van der Waals surface area contributed by atoms with Gasteiger partial charge in [0.1, 0.15) is 0 Å². The summed E-state index contributed by atoms with van der Waals surface area (Å²) in [6, 6.07) is 31.6. The fourth-order valence-corrected chi connectivity index (χ4v) is 13.6. The molecule has 7 heteroatoms. The maximum atomic E-state index is 10.9. The Bertz CT molecular complexity index is 1290. The number of benzene rings is 4. The van der Waals surface area contributed by atoms with Gasteiger partial charge in [0.2, 0.25) is 0 Å². The van der Waals surface area contributed by atoms with E-state index in [1.807, 2.05) is 26.0 Å². The SMILES string of the molecule is CCOC(OCC)[Si]COc1ccc(O)cc1P(Br)(c1ccc(C)cc1)(c1ccc(C)cc1)c1ccc(C)cc1. The molecule has 0 spiro atoms. The number of phenolic OH excluding ortho intramolecular Hbond substituents is 1. The molecular weight excluding hydrogens is 599 g/mol. The van der Waals surface area contributed by atoms with Crippen molar-refractivity contribution >= 4 is 51.5 Å². The van der Waals surface area contributed by atoms with Crippen LogP contribution in [0.1, 0.15) is 30.5 Å². The van der Waals surface area contributed by atoms with Crippen molar-refractivity contribution in [3.8, 4) is 11.5 Å². The number of hydrogen-bond acceptors (Lipinski definition) is 4. The van der Waals surface area contributed by atoms with Crippen LogP contribution in [-0.4, -0.2) is 40.0 Å². The van der Waals surface area contributed by atoms with Gasteiger partial charge in [-0.1, -0.05) is 0 Å². The summed E-state index contributed by atoms with van der Waals surface area (Å²) in [5, 5.41) is 11.6. The van der Waals surface area contributed by atoms with Crippen molar-refractivity contribution in [2.45, 2.75) is 40.5 Å². The Morgan fingerprint density at radius 1 is 0.700 bits per heavy atom. The minimum absolute atomic E-state index is 0.186. The van der Waals surface area contributed by atoms with Crippen LogP contribution < -0.4 is 26.0 Å². The Labute approximate surface area is 249 Å². The number of aryl methyl sites for hydroxylation is 3. The van der Waals surface area contributed by atoms with E-state index in [-0.39, 0.29) is 11.7 Å². The number of rotatable bonds is 12. The van der Waals surface area contributed by atoms with Gasteiger partial charge in [0.15, 0.2) is 0 Å². The zero-order valence-electron chi connectivity index (χ0n) is 23.9. The molecule has 4 aromatic rings. The molecule has 0 aliphatic carbocycles. The van der Waals surface area contributed by atoms with Gasteiger partial charge in [-0.25, -0.2) is 0 Å². The number of halogens is 1. The van der Waals surface area contributed by atoms with Crippen LogP contribution in [0.5, 0.6) is 11.5 Å². The van der Waals surface area contributed by atoms with E-state index in [0.29, 0.717) is 34.7 Å². The molecule has 1 N–H and O–H groups in total. The van der Waals surface area contributed by atoms with E-state index in [9.17, 15) is 5.11 Å². The first kappa shape index (κ1) is 30.5. The van der Waals surface area contributed by atoms with Gasteiger partial charge >= 0.3 is 250 Å². The van der Waals surface area contributed by atoms with Crippen LogP contribution in [0, 0.1) is 20.8 Å². The van der Waals surface area contributed by atoms with Gasteiger partial charge in [0.25, 0.3) is 0 Å². The second-order valence-corrected chi connectivity index (χ2v) is 19.4. The standard InChI is InChI=1S/C33H38BrO4PSi/c1-6-36-33(37-7-2)40-23-38-31-21-14-27(35)22-32(31)39(34,28-15-8-24(3)9-16-28,29-17-10-25(4)11-18-29)30-19-12-26(5)13-20-30/h8-22,33,35H,6-7,23H2,1-5H3. The molecule has 0 aromatic heterocycles. The molecule has 40 heavy (non-hydrogen) atoms. The van der Waals surface area contributed by atoms with Crippen molar-refractivity contribution < 1.29 is 19.3 Å². The summed E-state index contributed by atoms with van der Waals surface area (Å²) in [5.74, 6) is 0.598. The number of hydrogen-bond donors (Lipinski definition) is 1. The van der Waals surface area contributed by atoms with Gasteiger partial charge in [-0.2, -0.15) is 0 Å². The first-order chi connectivity index (χ1) is 19.2. The third-order valence-corrected chi connectivity index (χ3v) is 17.9. The molecule has 0 aliphatic heterocycles. The average Bonchev–Trinajstić information content (AvgIpc) is 2.95. The van der Waals surface area contributed by atoms with Crippen molar-refractivity contribution in [3.63, 3.8) is 0 Å². The number of ether oxygens (including phenoxy) is 3. The van der Waals surface area contributed by atoms with E-state index < -0.39 is 5.31 Å². The quantitative estimate of drug-likeness (QED) is 0.115. The van der Waals surface area contributed by atoms with Gasteiger partial charge in [-0.15, -0.1) is 0 Å². The molecule has 0 fully saturated rings. The molecular formula is C33H38BrO4PSi. The summed E-state index contributed by atoms with van der Waals surface area (Å²) in [6.07, 6.45) is 0.428. The van der Waals surface area contributed by atoms with Crippen molar-refractivity contribution in [2.24, 2.45) is 0 Å². The Balaban J connectivity index is 2.01. The first-order valence-corrected chi connectivity index (χ1v) is 19.1. The van der Waals surface area contributed by atoms with Gasteiger partial charge in [0.05, 0.1) is 0 Å². The molecule has 0 unspecified atom stereocenters. The summed E-state index contributed by atoms with van der Waals surface area (Å²) in [7, 11) is 0.294. The third-order valence-electron chi connectivity index (χ3n) is 7.07. The van der Waals surface area contributed by atoms with E-state index in [1.54, 1.807) is 6.07 Å². The summed E-state index contributed by atoms with van der Waals surface area (Å²) in [5.41, 5.74) is 3.54. The summed E-state index contributed by atoms with van der Waals surface area (Å²) < 4.78 is 18.1. The van der Waals surface area contributed by atoms with Gasteiger partial charge in [-0.05, 0) is 0 Å². The summed E-state index contributed by atoms with van der Waals surface area (Å²) in [4.78, 5) is 0. The topological polar surface area (TPSA) is 47.9 Å². The average molecular weight is 638 g/mol. The second kappa shape index (κ2) is 13.0. The Kier molecular flexibility index (Phi) is 9.92. The van der Waals surface area contributed by atoms with Crippen LogP contribution in [0.15, 0.2) is 91.0 Å². The molecule has 0 saturated heterocycles.